The molecule has 4 rings (SSSR count). The van der Waals surface area contributed by atoms with Crippen molar-refractivity contribution in [3.8, 4) is 11.1 Å². The maximum absolute atomic E-state index is 12.6. The Labute approximate surface area is 188 Å². The van der Waals surface area contributed by atoms with Crippen molar-refractivity contribution in [2.24, 2.45) is 10.7 Å². The summed E-state index contributed by atoms with van der Waals surface area (Å²) >= 11 is 0. The number of aliphatic imine (C=N–C) groups is 1. The van der Waals surface area contributed by atoms with E-state index in [0.717, 1.165) is 41.9 Å². The molecule has 1 saturated heterocycles. The minimum Gasteiger partial charge on any atom is -0.388 e. The summed E-state index contributed by atoms with van der Waals surface area (Å²) in [5, 5.41) is 22.8. The van der Waals surface area contributed by atoms with Crippen LogP contribution in [0.25, 0.3) is 17.2 Å². The summed E-state index contributed by atoms with van der Waals surface area (Å²) in [6.07, 6.45) is 2.12. The highest BCUT2D eigenvalue weighted by Gasteiger charge is 2.32. The van der Waals surface area contributed by atoms with E-state index in [9.17, 15) is 15.0 Å². The monoisotopic (exact) mass is 434 g/mol. The molecule has 0 spiro atoms. The van der Waals surface area contributed by atoms with E-state index in [2.05, 4.69) is 29.4 Å². The fourth-order valence-corrected chi connectivity index (χ4v) is 4.10. The van der Waals surface area contributed by atoms with Crippen molar-refractivity contribution < 1.29 is 15.0 Å². The van der Waals surface area contributed by atoms with Gasteiger partial charge in [-0.15, -0.1) is 0 Å². The Hall–Kier alpha value is -3.00. The number of fused-ring (bicyclic) bond motifs is 1. The van der Waals surface area contributed by atoms with E-state index in [1.165, 1.54) is 10.5 Å². The van der Waals surface area contributed by atoms with Gasteiger partial charge < -0.3 is 26.2 Å². The van der Waals surface area contributed by atoms with Crippen LogP contribution < -0.4 is 11.1 Å². The first kappa shape index (κ1) is 22.2. The van der Waals surface area contributed by atoms with Crippen LogP contribution in [0.15, 0.2) is 53.0 Å². The lowest BCUT2D eigenvalue weighted by Crippen LogP contribution is -2.29. The Kier molecular flexibility index (Phi) is 6.69. The molecular weight excluding hydrogens is 404 g/mol. The first-order valence-electron chi connectivity index (χ1n) is 11.1. The van der Waals surface area contributed by atoms with Crippen LogP contribution in [-0.4, -0.2) is 65.2 Å². The Balaban J connectivity index is 1.53. The van der Waals surface area contributed by atoms with Gasteiger partial charge in [0.25, 0.3) is 5.91 Å². The SMILES string of the molecule is CCCNCC1=Cc2ccc(-c3ccc(C(=O)N4CC(O)C(O)C4)cc3)cc2N=C(N)C1. The molecule has 0 aromatic heterocycles. The number of benzene rings is 2. The summed E-state index contributed by atoms with van der Waals surface area (Å²) < 4.78 is 0. The van der Waals surface area contributed by atoms with Gasteiger partial charge in [0.05, 0.1) is 17.9 Å². The van der Waals surface area contributed by atoms with E-state index in [4.69, 9.17) is 5.73 Å². The van der Waals surface area contributed by atoms with Crippen molar-refractivity contribution in [3.05, 3.63) is 59.2 Å². The van der Waals surface area contributed by atoms with Crippen LogP contribution in [0.5, 0.6) is 0 Å². The summed E-state index contributed by atoms with van der Waals surface area (Å²) in [5.74, 6) is 0.405. The standard InChI is InChI=1S/C25H30N4O3/c1-2-9-27-13-16-10-20-8-7-19(12-21(20)28-24(26)11-16)17-3-5-18(6-4-17)25(32)29-14-22(30)23(31)15-29/h3-8,10,12,22-23,27,30-31H,2,9,11,13-15H2,1H3,(H2,26,28). The normalized spacial score (nSPS) is 20.4. The van der Waals surface area contributed by atoms with Crippen molar-refractivity contribution in [1.29, 1.82) is 0 Å². The second-order valence-corrected chi connectivity index (χ2v) is 8.46. The maximum Gasteiger partial charge on any atom is 0.254 e. The molecule has 2 aliphatic rings. The summed E-state index contributed by atoms with van der Waals surface area (Å²) in [4.78, 5) is 18.7. The summed E-state index contributed by atoms with van der Waals surface area (Å²) in [5.41, 5.74) is 11.8. The van der Waals surface area contributed by atoms with Gasteiger partial charge in [0.2, 0.25) is 0 Å². The van der Waals surface area contributed by atoms with Crippen molar-refractivity contribution in [1.82, 2.24) is 10.2 Å². The first-order chi connectivity index (χ1) is 15.4. The highest BCUT2D eigenvalue weighted by molar-refractivity contribution is 5.95. The number of nitrogens with zero attached hydrogens (tertiary/aromatic N) is 2. The molecule has 0 aliphatic carbocycles. The van der Waals surface area contributed by atoms with Crippen molar-refractivity contribution in [2.45, 2.75) is 32.0 Å². The number of amides is 1. The molecule has 168 valence electrons. The van der Waals surface area contributed by atoms with Crippen LogP contribution in [0.2, 0.25) is 0 Å². The lowest BCUT2D eigenvalue weighted by molar-refractivity contribution is 0.0572. The molecule has 2 aromatic rings. The molecule has 7 nitrogen and oxygen atoms in total. The van der Waals surface area contributed by atoms with Crippen molar-refractivity contribution >= 4 is 23.5 Å². The zero-order valence-corrected chi connectivity index (χ0v) is 18.3. The zero-order valence-electron chi connectivity index (χ0n) is 18.3. The minimum absolute atomic E-state index is 0.148. The van der Waals surface area contributed by atoms with Gasteiger partial charge in [-0.25, -0.2) is 4.99 Å². The maximum atomic E-state index is 12.6. The molecule has 0 radical (unpaired) electrons. The van der Waals surface area contributed by atoms with Crippen LogP contribution in [0.1, 0.15) is 35.7 Å². The average molecular weight is 435 g/mol. The number of nitrogens with two attached hydrogens (primary N) is 1. The predicted molar refractivity (Wildman–Crippen MR) is 127 cm³/mol. The molecule has 2 atom stereocenters. The van der Waals surface area contributed by atoms with E-state index in [0.29, 0.717) is 17.8 Å². The number of nitrogens with one attached hydrogen (secondary N) is 1. The lowest BCUT2D eigenvalue weighted by Gasteiger charge is -2.15. The number of carbonyl (C=O) groups excluding carboxylic acids is 1. The third-order valence-corrected chi connectivity index (χ3v) is 5.85. The van der Waals surface area contributed by atoms with Crippen LogP contribution in [0.3, 0.4) is 0 Å². The number of hydrogen-bond acceptors (Lipinski definition) is 6. The van der Waals surface area contributed by atoms with E-state index in [-0.39, 0.29) is 19.0 Å². The number of aliphatic hydroxyl groups is 2. The van der Waals surface area contributed by atoms with Gasteiger partial charge in [0.1, 0.15) is 5.84 Å². The molecule has 1 amide bonds. The number of amidine groups is 1. The van der Waals surface area contributed by atoms with E-state index < -0.39 is 12.2 Å². The Morgan fingerprint density at radius 3 is 2.50 bits per heavy atom. The highest BCUT2D eigenvalue weighted by Crippen LogP contribution is 2.31. The summed E-state index contributed by atoms with van der Waals surface area (Å²) in [6.45, 7) is 4.21. The largest absolute Gasteiger partial charge is 0.388 e. The van der Waals surface area contributed by atoms with Gasteiger partial charge in [-0.2, -0.15) is 0 Å². The summed E-state index contributed by atoms with van der Waals surface area (Å²) in [7, 11) is 0. The molecule has 2 aliphatic heterocycles. The third kappa shape index (κ3) is 4.91. The van der Waals surface area contributed by atoms with Crippen LogP contribution in [-0.2, 0) is 0 Å². The van der Waals surface area contributed by atoms with E-state index >= 15 is 0 Å². The molecule has 2 unspecified atom stereocenters. The fraction of sp³-hybridized carbons (Fsp3) is 0.360. The molecule has 0 saturated carbocycles. The van der Waals surface area contributed by atoms with Crippen LogP contribution >= 0.6 is 0 Å². The number of hydrogen-bond donors (Lipinski definition) is 4. The fourth-order valence-electron chi connectivity index (χ4n) is 4.10. The van der Waals surface area contributed by atoms with Crippen LogP contribution in [0.4, 0.5) is 5.69 Å². The minimum atomic E-state index is -0.886. The Bertz CT molecular complexity index is 1040. The molecule has 5 N–H and O–H groups in total. The molecule has 0 bridgehead atoms. The topological polar surface area (TPSA) is 111 Å². The summed E-state index contributed by atoms with van der Waals surface area (Å²) in [6, 6.07) is 13.5. The van der Waals surface area contributed by atoms with E-state index in [1.807, 2.05) is 24.3 Å². The number of β-amino-alcohol motifs (C(OH)–C–C–N with tert-alkyl or cyclic N) is 2. The van der Waals surface area contributed by atoms with E-state index in [1.54, 1.807) is 12.1 Å². The third-order valence-electron chi connectivity index (χ3n) is 5.85. The first-order valence-corrected chi connectivity index (χ1v) is 11.1. The van der Waals surface area contributed by atoms with Gasteiger partial charge in [-0.3, -0.25) is 4.79 Å². The molecule has 7 heteroatoms. The lowest BCUT2D eigenvalue weighted by atomic mass is 10.00. The molecule has 1 fully saturated rings. The number of carbonyl (C=O) groups is 1. The van der Waals surface area contributed by atoms with Gasteiger partial charge in [0, 0.05) is 37.2 Å². The Morgan fingerprint density at radius 1 is 1.12 bits per heavy atom. The molecule has 32 heavy (non-hydrogen) atoms. The quantitative estimate of drug-likeness (QED) is 0.522. The number of rotatable bonds is 6. The second-order valence-electron chi connectivity index (χ2n) is 8.46. The van der Waals surface area contributed by atoms with Gasteiger partial charge in [-0.05, 0) is 47.9 Å². The molecule has 2 aromatic carbocycles. The average Bonchev–Trinajstić information content (AvgIpc) is 3.03. The van der Waals surface area contributed by atoms with Crippen molar-refractivity contribution in [3.63, 3.8) is 0 Å². The number of likely N-dealkylation sites (tertiary alicyclic amines) is 1. The molecule has 2 heterocycles. The Morgan fingerprint density at radius 2 is 1.81 bits per heavy atom. The molecular formula is C25H30N4O3. The second kappa shape index (κ2) is 9.65. The number of aliphatic hydroxyl groups excluding tert-OH is 2. The smallest absolute Gasteiger partial charge is 0.254 e. The highest BCUT2D eigenvalue weighted by atomic mass is 16.3. The zero-order chi connectivity index (χ0) is 22.7. The van der Waals surface area contributed by atoms with Crippen molar-refractivity contribution in [2.75, 3.05) is 26.2 Å². The van der Waals surface area contributed by atoms with Gasteiger partial charge in [0.15, 0.2) is 0 Å². The van der Waals surface area contributed by atoms with Gasteiger partial charge in [-0.1, -0.05) is 37.3 Å². The van der Waals surface area contributed by atoms with Crippen LogP contribution in [0, 0.1) is 0 Å². The van der Waals surface area contributed by atoms with Gasteiger partial charge >= 0.3 is 0 Å². The predicted octanol–water partition coefficient (Wildman–Crippen LogP) is 2.31.